The van der Waals surface area contributed by atoms with Crippen LogP contribution in [0.2, 0.25) is 0 Å². The molecule has 1 aromatic heterocycles. The van der Waals surface area contributed by atoms with Crippen LogP contribution in [-0.2, 0) is 0 Å². The van der Waals surface area contributed by atoms with Crippen molar-refractivity contribution in [2.45, 2.75) is 53.4 Å². The number of aromatic nitrogens is 2. The zero-order chi connectivity index (χ0) is 25.2. The number of ether oxygens (including phenoxy) is 1. The Balaban J connectivity index is 3.03. The minimum Gasteiger partial charge on any atom is -0.463 e. The first-order valence-electron chi connectivity index (χ1n) is 12.0. The van der Waals surface area contributed by atoms with Crippen LogP contribution >= 0.6 is 0 Å². The van der Waals surface area contributed by atoms with E-state index in [-0.39, 0.29) is 0 Å². The number of nitrogens with one attached hydrogen (secondary N) is 1. The van der Waals surface area contributed by atoms with Crippen LogP contribution < -0.4 is 15.1 Å². The standard InChI is InChI=1S/C28H41N5O/c1-8-13-15-24(11-4)16-14-19-34-28-30-26(32-29-22-25(12-5)20-23(6)7)21-27(31-28)33(17-9-2)18-10-3/h8,11-13,15,20-22H,4-6,9-10,14,16-19H2,1-3,7H3,(H,30,31,32)/b13-8-,24-15+,25-20+,29-22+. The maximum Gasteiger partial charge on any atom is 0.320 e. The predicted octanol–water partition coefficient (Wildman–Crippen LogP) is 7.04. The number of hydrogen-bond acceptors (Lipinski definition) is 6. The zero-order valence-corrected chi connectivity index (χ0v) is 21.4. The summed E-state index contributed by atoms with van der Waals surface area (Å²) in [6, 6.07) is 2.24. The van der Waals surface area contributed by atoms with Crippen LogP contribution in [-0.4, -0.2) is 35.9 Å². The van der Waals surface area contributed by atoms with Crippen molar-refractivity contribution in [3.8, 4) is 6.01 Å². The van der Waals surface area contributed by atoms with Gasteiger partial charge in [-0.25, -0.2) is 0 Å². The van der Waals surface area contributed by atoms with Gasteiger partial charge >= 0.3 is 6.01 Å². The zero-order valence-electron chi connectivity index (χ0n) is 21.4. The third kappa shape index (κ3) is 11.5. The molecule has 0 saturated carbocycles. The first kappa shape index (κ1) is 28.6. The van der Waals surface area contributed by atoms with E-state index in [1.165, 1.54) is 5.57 Å². The van der Waals surface area contributed by atoms with Gasteiger partial charge in [-0.15, -0.1) is 0 Å². The number of nitrogens with zero attached hydrogens (tertiary/aromatic N) is 4. The van der Waals surface area contributed by atoms with Gasteiger partial charge in [-0.3, -0.25) is 5.43 Å². The molecule has 1 N–H and O–H groups in total. The fraction of sp³-hybridized carbons (Fsp3) is 0.393. The summed E-state index contributed by atoms with van der Waals surface area (Å²) < 4.78 is 5.93. The molecule has 184 valence electrons. The van der Waals surface area contributed by atoms with Gasteiger partial charge in [-0.2, -0.15) is 15.1 Å². The van der Waals surface area contributed by atoms with Gasteiger partial charge in [-0.05, 0) is 50.7 Å². The molecule has 0 aliphatic rings. The molecule has 0 unspecified atom stereocenters. The molecule has 0 spiro atoms. The number of rotatable bonds is 17. The molecule has 0 aromatic carbocycles. The third-order valence-electron chi connectivity index (χ3n) is 4.65. The molecule has 0 atom stereocenters. The van der Waals surface area contributed by atoms with Crippen LogP contribution in [0.3, 0.4) is 0 Å². The average molecular weight is 464 g/mol. The van der Waals surface area contributed by atoms with Crippen LogP contribution in [0, 0.1) is 0 Å². The number of hydrazone groups is 1. The summed E-state index contributed by atoms with van der Waals surface area (Å²) in [6.07, 6.45) is 17.1. The van der Waals surface area contributed by atoms with Gasteiger partial charge < -0.3 is 9.64 Å². The van der Waals surface area contributed by atoms with Gasteiger partial charge in [0.15, 0.2) is 5.82 Å². The van der Waals surface area contributed by atoms with Crippen LogP contribution in [0.4, 0.5) is 11.6 Å². The molecule has 6 nitrogen and oxygen atoms in total. The maximum absolute atomic E-state index is 5.93. The van der Waals surface area contributed by atoms with Crippen LogP contribution in [0.15, 0.2) is 84.1 Å². The number of allylic oxidation sites excluding steroid dienone is 9. The van der Waals surface area contributed by atoms with Crippen molar-refractivity contribution < 1.29 is 4.74 Å². The molecule has 0 fully saturated rings. The minimum atomic E-state index is 0.339. The summed E-state index contributed by atoms with van der Waals surface area (Å²) in [5.74, 6) is 1.40. The molecule has 0 aliphatic carbocycles. The average Bonchev–Trinajstić information content (AvgIpc) is 2.82. The van der Waals surface area contributed by atoms with Crippen molar-refractivity contribution in [1.29, 1.82) is 0 Å². The Labute approximate surface area is 206 Å². The molecule has 0 bridgehead atoms. The quantitative estimate of drug-likeness (QED) is 0.116. The van der Waals surface area contributed by atoms with E-state index < -0.39 is 0 Å². The Kier molecular flexibility index (Phi) is 14.4. The lowest BCUT2D eigenvalue weighted by atomic mass is 10.1. The monoisotopic (exact) mass is 463 g/mol. The summed E-state index contributed by atoms with van der Waals surface area (Å²) >= 11 is 0. The van der Waals surface area contributed by atoms with Crippen molar-refractivity contribution in [3.05, 3.63) is 79.0 Å². The Hall–Kier alpha value is -3.41. The summed E-state index contributed by atoms with van der Waals surface area (Å²) in [5.41, 5.74) is 5.96. The molecular weight excluding hydrogens is 422 g/mol. The van der Waals surface area contributed by atoms with E-state index in [2.05, 4.69) is 65.1 Å². The molecule has 0 amide bonds. The van der Waals surface area contributed by atoms with Crippen molar-refractivity contribution in [1.82, 2.24) is 9.97 Å². The van der Waals surface area contributed by atoms with E-state index >= 15 is 0 Å². The SMILES string of the molecule is C=C/C(=C\C=C/C)CCCOc1nc(N/N=C/C(C=C)=C/C(=C)C)cc(N(CCC)CCC)n1. The molecular formula is C28H41N5O. The van der Waals surface area contributed by atoms with E-state index in [0.29, 0.717) is 18.4 Å². The first-order valence-corrected chi connectivity index (χ1v) is 12.0. The highest BCUT2D eigenvalue weighted by molar-refractivity contribution is 5.83. The fourth-order valence-electron chi connectivity index (χ4n) is 3.10. The molecule has 34 heavy (non-hydrogen) atoms. The van der Waals surface area contributed by atoms with E-state index in [4.69, 9.17) is 4.74 Å². The van der Waals surface area contributed by atoms with Crippen molar-refractivity contribution in [3.63, 3.8) is 0 Å². The molecule has 1 heterocycles. The summed E-state index contributed by atoms with van der Waals surface area (Å²) in [7, 11) is 0. The van der Waals surface area contributed by atoms with E-state index in [1.54, 1.807) is 12.3 Å². The highest BCUT2D eigenvalue weighted by Crippen LogP contribution is 2.21. The van der Waals surface area contributed by atoms with Crippen LogP contribution in [0.25, 0.3) is 0 Å². The third-order valence-corrected chi connectivity index (χ3v) is 4.65. The highest BCUT2D eigenvalue weighted by atomic mass is 16.5. The first-order chi connectivity index (χ1) is 16.5. The lowest BCUT2D eigenvalue weighted by Crippen LogP contribution is -2.26. The maximum atomic E-state index is 5.93. The van der Waals surface area contributed by atoms with Gasteiger partial charge in [0, 0.05) is 19.2 Å². The Bertz CT molecular complexity index is 905. The Morgan fingerprint density at radius 3 is 2.50 bits per heavy atom. The van der Waals surface area contributed by atoms with Gasteiger partial charge in [0.1, 0.15) is 5.82 Å². The molecule has 6 heteroatoms. The Morgan fingerprint density at radius 2 is 1.91 bits per heavy atom. The lowest BCUT2D eigenvalue weighted by Gasteiger charge is -2.23. The smallest absolute Gasteiger partial charge is 0.320 e. The van der Waals surface area contributed by atoms with Crippen molar-refractivity contribution in [2.75, 3.05) is 30.0 Å². The predicted molar refractivity (Wildman–Crippen MR) is 148 cm³/mol. The van der Waals surface area contributed by atoms with E-state index in [0.717, 1.165) is 55.7 Å². The number of hydrogen-bond donors (Lipinski definition) is 1. The van der Waals surface area contributed by atoms with Gasteiger partial charge in [0.2, 0.25) is 0 Å². The molecule has 0 saturated heterocycles. The van der Waals surface area contributed by atoms with Crippen molar-refractivity contribution >= 4 is 17.9 Å². The summed E-state index contributed by atoms with van der Waals surface area (Å²) in [5, 5.41) is 4.31. The van der Waals surface area contributed by atoms with Crippen molar-refractivity contribution in [2.24, 2.45) is 5.10 Å². The van der Waals surface area contributed by atoms with Gasteiger partial charge in [-0.1, -0.05) is 75.6 Å². The van der Waals surface area contributed by atoms with E-state index in [9.17, 15) is 0 Å². The lowest BCUT2D eigenvalue weighted by molar-refractivity contribution is 0.287. The summed E-state index contributed by atoms with van der Waals surface area (Å²) in [6.45, 7) is 22.2. The molecule has 1 rings (SSSR count). The fourth-order valence-corrected chi connectivity index (χ4v) is 3.10. The Morgan fingerprint density at radius 1 is 1.18 bits per heavy atom. The second-order valence-corrected chi connectivity index (χ2v) is 7.87. The molecule has 1 aromatic rings. The molecule has 0 radical (unpaired) electrons. The van der Waals surface area contributed by atoms with E-state index in [1.807, 2.05) is 44.2 Å². The van der Waals surface area contributed by atoms with Gasteiger partial charge in [0.05, 0.1) is 12.8 Å². The van der Waals surface area contributed by atoms with Gasteiger partial charge in [0.25, 0.3) is 0 Å². The van der Waals surface area contributed by atoms with Crippen LogP contribution in [0.5, 0.6) is 6.01 Å². The topological polar surface area (TPSA) is 62.6 Å². The second kappa shape index (κ2) is 17.1. The summed E-state index contributed by atoms with van der Waals surface area (Å²) in [4.78, 5) is 11.4. The molecule has 0 aliphatic heterocycles. The largest absolute Gasteiger partial charge is 0.463 e. The highest BCUT2D eigenvalue weighted by Gasteiger charge is 2.12. The van der Waals surface area contributed by atoms with Crippen LogP contribution in [0.1, 0.15) is 53.4 Å². The second-order valence-electron chi connectivity index (χ2n) is 7.87. The number of anilines is 2. The minimum absolute atomic E-state index is 0.339. The normalized spacial score (nSPS) is 12.2.